The zero-order valence-corrected chi connectivity index (χ0v) is 16.4. The molecule has 3 heterocycles. The highest BCUT2D eigenvalue weighted by molar-refractivity contribution is 5.79. The number of piperidine rings is 1. The Balaban J connectivity index is 1.53. The quantitative estimate of drug-likeness (QED) is 0.730. The number of rotatable bonds is 7. The monoisotopic (exact) mass is 376 g/mol. The van der Waals surface area contributed by atoms with Crippen LogP contribution in [0.1, 0.15) is 56.7 Å². The maximum Gasteiger partial charge on any atom is 0.224 e. The van der Waals surface area contributed by atoms with E-state index in [9.17, 15) is 9.59 Å². The number of amides is 2. The van der Waals surface area contributed by atoms with Gasteiger partial charge >= 0.3 is 0 Å². The fraction of sp³-hybridized carbons (Fsp3) is 0.750. The molecule has 1 unspecified atom stereocenters. The molecule has 1 aromatic rings. The summed E-state index contributed by atoms with van der Waals surface area (Å²) in [7, 11) is 1.70. The summed E-state index contributed by atoms with van der Waals surface area (Å²) in [6.07, 6.45) is 10.1. The van der Waals surface area contributed by atoms with Gasteiger partial charge in [-0.3, -0.25) is 9.59 Å². The van der Waals surface area contributed by atoms with Crippen LogP contribution in [0.3, 0.4) is 0 Å². The highest BCUT2D eigenvalue weighted by atomic mass is 16.5. The number of aromatic nitrogens is 2. The zero-order chi connectivity index (χ0) is 19.1. The van der Waals surface area contributed by atoms with Crippen LogP contribution in [-0.4, -0.2) is 71.1 Å². The van der Waals surface area contributed by atoms with Crippen molar-refractivity contribution in [2.75, 3.05) is 39.9 Å². The van der Waals surface area contributed by atoms with Crippen LogP contribution in [0, 0.1) is 0 Å². The Kier molecular flexibility index (Phi) is 7.26. The van der Waals surface area contributed by atoms with Crippen LogP contribution < -0.4 is 0 Å². The van der Waals surface area contributed by atoms with E-state index in [4.69, 9.17) is 4.74 Å². The van der Waals surface area contributed by atoms with Gasteiger partial charge in [0.25, 0.3) is 0 Å². The Hall–Kier alpha value is -1.89. The first-order chi connectivity index (χ1) is 13.2. The third-order valence-electron chi connectivity index (χ3n) is 5.69. The molecule has 1 aromatic heterocycles. The Morgan fingerprint density at radius 3 is 2.96 bits per heavy atom. The van der Waals surface area contributed by atoms with E-state index in [2.05, 4.69) is 9.55 Å². The first-order valence-electron chi connectivity index (χ1n) is 10.2. The first kappa shape index (κ1) is 19.9. The second-order valence-corrected chi connectivity index (χ2v) is 7.59. The molecular formula is C20H32N4O3. The van der Waals surface area contributed by atoms with Crippen molar-refractivity contribution in [2.24, 2.45) is 0 Å². The number of hydrogen-bond acceptors (Lipinski definition) is 4. The number of imidazole rings is 1. The van der Waals surface area contributed by atoms with E-state index < -0.39 is 0 Å². The SMILES string of the molecule is COCCn1ccnc1C1CCCN(C(=O)CCN2CCCCCC2=O)C1. The average molecular weight is 377 g/mol. The van der Waals surface area contributed by atoms with E-state index in [-0.39, 0.29) is 17.7 Å². The highest BCUT2D eigenvalue weighted by Crippen LogP contribution is 2.26. The van der Waals surface area contributed by atoms with Gasteiger partial charge in [0.15, 0.2) is 0 Å². The lowest BCUT2D eigenvalue weighted by molar-refractivity contribution is -0.135. The van der Waals surface area contributed by atoms with Crippen LogP contribution in [0.5, 0.6) is 0 Å². The van der Waals surface area contributed by atoms with Gasteiger partial charge in [0.2, 0.25) is 11.8 Å². The van der Waals surface area contributed by atoms with Crippen LogP contribution in [0.15, 0.2) is 12.4 Å². The van der Waals surface area contributed by atoms with Crippen LogP contribution in [-0.2, 0) is 20.9 Å². The van der Waals surface area contributed by atoms with Crippen LogP contribution >= 0.6 is 0 Å². The van der Waals surface area contributed by atoms with E-state index >= 15 is 0 Å². The number of methoxy groups -OCH3 is 1. The molecule has 2 amide bonds. The summed E-state index contributed by atoms with van der Waals surface area (Å²) in [5.41, 5.74) is 0. The highest BCUT2D eigenvalue weighted by Gasteiger charge is 2.28. The minimum Gasteiger partial charge on any atom is -0.383 e. The van der Waals surface area contributed by atoms with Crippen molar-refractivity contribution in [3.63, 3.8) is 0 Å². The molecule has 27 heavy (non-hydrogen) atoms. The number of hydrogen-bond donors (Lipinski definition) is 0. The zero-order valence-electron chi connectivity index (χ0n) is 16.4. The minimum absolute atomic E-state index is 0.159. The van der Waals surface area contributed by atoms with Crippen molar-refractivity contribution in [1.82, 2.24) is 19.4 Å². The first-order valence-corrected chi connectivity index (χ1v) is 10.2. The minimum atomic E-state index is 0.159. The largest absolute Gasteiger partial charge is 0.383 e. The fourth-order valence-corrected chi connectivity index (χ4v) is 4.14. The van der Waals surface area contributed by atoms with Crippen molar-refractivity contribution in [2.45, 2.75) is 57.4 Å². The Morgan fingerprint density at radius 2 is 2.11 bits per heavy atom. The topological polar surface area (TPSA) is 67.7 Å². The van der Waals surface area contributed by atoms with Gasteiger partial charge in [-0.1, -0.05) is 6.42 Å². The molecule has 2 aliphatic heterocycles. The number of ether oxygens (including phenoxy) is 1. The summed E-state index contributed by atoms with van der Waals surface area (Å²) < 4.78 is 7.32. The number of carbonyl (C=O) groups excluding carboxylic acids is 2. The molecule has 0 saturated carbocycles. The second kappa shape index (κ2) is 9.88. The summed E-state index contributed by atoms with van der Waals surface area (Å²) in [5, 5.41) is 0. The summed E-state index contributed by atoms with van der Waals surface area (Å²) in [4.78, 5) is 33.2. The molecule has 1 atom stereocenters. The van der Waals surface area contributed by atoms with E-state index in [1.165, 1.54) is 0 Å². The summed E-state index contributed by atoms with van der Waals surface area (Å²) >= 11 is 0. The maximum absolute atomic E-state index is 12.7. The molecule has 0 aromatic carbocycles. The molecule has 0 radical (unpaired) electrons. The molecule has 7 nitrogen and oxygen atoms in total. The molecule has 2 saturated heterocycles. The standard InChI is InChI=1S/C20H32N4O3/c1-27-15-14-23-13-9-21-20(23)17-6-5-11-24(16-17)19(26)8-12-22-10-4-2-3-7-18(22)25/h9,13,17H,2-8,10-12,14-16H2,1H3. The molecule has 2 aliphatic rings. The Labute approximate surface area is 161 Å². The third-order valence-corrected chi connectivity index (χ3v) is 5.69. The molecule has 3 rings (SSSR count). The smallest absolute Gasteiger partial charge is 0.224 e. The molecular weight excluding hydrogens is 344 g/mol. The normalized spacial score (nSPS) is 21.4. The van der Waals surface area contributed by atoms with Crippen LogP contribution in [0.25, 0.3) is 0 Å². The maximum atomic E-state index is 12.7. The molecule has 0 aliphatic carbocycles. The van der Waals surface area contributed by atoms with Crippen LogP contribution in [0.2, 0.25) is 0 Å². The summed E-state index contributed by atoms with van der Waals surface area (Å²) in [5.74, 6) is 1.69. The average Bonchev–Trinajstić information content (AvgIpc) is 3.07. The van der Waals surface area contributed by atoms with E-state index in [1.807, 2.05) is 22.2 Å². The van der Waals surface area contributed by atoms with Gasteiger partial charge in [-0.25, -0.2) is 4.98 Å². The summed E-state index contributed by atoms with van der Waals surface area (Å²) in [6.45, 7) is 4.32. The number of likely N-dealkylation sites (tertiary alicyclic amines) is 2. The van der Waals surface area contributed by atoms with E-state index in [1.54, 1.807) is 7.11 Å². The molecule has 7 heteroatoms. The van der Waals surface area contributed by atoms with E-state index in [0.717, 1.165) is 64.1 Å². The lowest BCUT2D eigenvalue weighted by Gasteiger charge is -2.33. The fourth-order valence-electron chi connectivity index (χ4n) is 4.14. The summed E-state index contributed by atoms with van der Waals surface area (Å²) in [6, 6.07) is 0. The van der Waals surface area contributed by atoms with Gasteiger partial charge in [-0.05, 0) is 25.7 Å². The van der Waals surface area contributed by atoms with Crippen molar-refractivity contribution >= 4 is 11.8 Å². The number of carbonyl (C=O) groups is 2. The van der Waals surface area contributed by atoms with Crippen LogP contribution in [0.4, 0.5) is 0 Å². The molecule has 0 bridgehead atoms. The Morgan fingerprint density at radius 1 is 1.22 bits per heavy atom. The third kappa shape index (κ3) is 5.31. The lowest BCUT2D eigenvalue weighted by atomic mass is 9.96. The van der Waals surface area contributed by atoms with Gasteiger partial charge in [0.05, 0.1) is 6.61 Å². The molecule has 2 fully saturated rings. The molecule has 0 N–H and O–H groups in total. The van der Waals surface area contributed by atoms with Gasteiger partial charge in [-0.2, -0.15) is 0 Å². The van der Waals surface area contributed by atoms with Crippen molar-refractivity contribution < 1.29 is 14.3 Å². The van der Waals surface area contributed by atoms with Crippen molar-refractivity contribution in [1.29, 1.82) is 0 Å². The van der Waals surface area contributed by atoms with E-state index in [0.29, 0.717) is 26.0 Å². The number of nitrogens with zero attached hydrogens (tertiary/aromatic N) is 4. The van der Waals surface area contributed by atoms with Crippen molar-refractivity contribution in [3.8, 4) is 0 Å². The predicted octanol–water partition coefficient (Wildman–Crippen LogP) is 2.03. The molecule has 150 valence electrons. The second-order valence-electron chi connectivity index (χ2n) is 7.59. The van der Waals surface area contributed by atoms with Gasteiger partial charge in [-0.15, -0.1) is 0 Å². The predicted molar refractivity (Wildman–Crippen MR) is 102 cm³/mol. The molecule has 0 spiro atoms. The van der Waals surface area contributed by atoms with Crippen molar-refractivity contribution in [3.05, 3.63) is 18.2 Å². The van der Waals surface area contributed by atoms with Gasteiger partial charge in [0.1, 0.15) is 5.82 Å². The van der Waals surface area contributed by atoms with Gasteiger partial charge in [0, 0.05) is 71.0 Å². The Bertz CT molecular complexity index is 630. The van der Waals surface area contributed by atoms with Gasteiger partial charge < -0.3 is 19.1 Å². The lowest BCUT2D eigenvalue weighted by Crippen LogP contribution is -2.42.